The zero-order valence-corrected chi connectivity index (χ0v) is 9.13. The lowest BCUT2D eigenvalue weighted by molar-refractivity contribution is 0.0686. The molecule has 0 aromatic heterocycles. The molecule has 0 radical (unpaired) electrons. The Labute approximate surface area is 94.2 Å². The van der Waals surface area contributed by atoms with Crippen molar-refractivity contribution in [1.82, 2.24) is 0 Å². The fourth-order valence-corrected chi connectivity index (χ4v) is 1.54. The van der Waals surface area contributed by atoms with Crippen molar-refractivity contribution in [3.63, 3.8) is 0 Å². The molecule has 2 atom stereocenters. The van der Waals surface area contributed by atoms with E-state index in [4.69, 9.17) is 10.2 Å². The number of benzene rings is 1. The molecule has 1 aromatic rings. The lowest BCUT2D eigenvalue weighted by Crippen LogP contribution is -2.09. The Kier molecular flexibility index (Phi) is 4.46. The molecular formula is C12H16O4. The van der Waals surface area contributed by atoms with Crippen LogP contribution >= 0.6 is 0 Å². The van der Waals surface area contributed by atoms with E-state index in [9.17, 15) is 9.90 Å². The Balaban J connectivity index is 2.82. The van der Waals surface area contributed by atoms with Crippen molar-refractivity contribution in [2.75, 3.05) is 0 Å². The summed E-state index contributed by atoms with van der Waals surface area (Å²) >= 11 is 0. The number of hydrogen-bond donors (Lipinski definition) is 3. The number of carboxylic acid groups (broad SMARTS) is 1. The van der Waals surface area contributed by atoms with Gasteiger partial charge in [0.2, 0.25) is 0 Å². The topological polar surface area (TPSA) is 77.8 Å². The number of carbonyl (C=O) groups is 1. The minimum Gasteiger partial charge on any atom is -0.478 e. The van der Waals surface area contributed by atoms with E-state index >= 15 is 0 Å². The average molecular weight is 224 g/mol. The summed E-state index contributed by atoms with van der Waals surface area (Å²) in [6.45, 7) is 1.63. The highest BCUT2D eigenvalue weighted by Gasteiger charge is 2.16. The SMILES string of the molecule is CC(O)CCC(O)c1ccccc1C(=O)O. The minimum absolute atomic E-state index is 0.112. The Bertz CT molecular complexity index is 360. The molecular weight excluding hydrogens is 208 g/mol. The van der Waals surface area contributed by atoms with E-state index in [1.165, 1.54) is 6.07 Å². The van der Waals surface area contributed by atoms with Crippen molar-refractivity contribution in [2.24, 2.45) is 0 Å². The van der Waals surface area contributed by atoms with Crippen LogP contribution in [-0.2, 0) is 0 Å². The molecule has 88 valence electrons. The molecule has 4 nitrogen and oxygen atoms in total. The number of aliphatic hydroxyl groups is 2. The molecule has 0 amide bonds. The van der Waals surface area contributed by atoms with Gasteiger partial charge in [-0.2, -0.15) is 0 Å². The summed E-state index contributed by atoms with van der Waals surface area (Å²) in [5.74, 6) is -1.05. The van der Waals surface area contributed by atoms with Gasteiger partial charge in [-0.1, -0.05) is 18.2 Å². The van der Waals surface area contributed by atoms with Crippen LogP contribution in [0.1, 0.15) is 41.8 Å². The number of rotatable bonds is 5. The van der Waals surface area contributed by atoms with Gasteiger partial charge in [-0.25, -0.2) is 4.79 Å². The van der Waals surface area contributed by atoms with E-state index in [2.05, 4.69) is 0 Å². The molecule has 3 N–H and O–H groups in total. The molecule has 0 spiro atoms. The first kappa shape index (κ1) is 12.7. The molecule has 0 aliphatic rings. The lowest BCUT2D eigenvalue weighted by atomic mass is 9.98. The summed E-state index contributed by atoms with van der Waals surface area (Å²) in [6.07, 6.45) is -0.551. The van der Waals surface area contributed by atoms with Gasteiger partial charge in [0.15, 0.2) is 0 Å². The zero-order chi connectivity index (χ0) is 12.1. The number of hydrogen-bond acceptors (Lipinski definition) is 3. The highest BCUT2D eigenvalue weighted by Crippen LogP contribution is 2.22. The van der Waals surface area contributed by atoms with Gasteiger partial charge in [0.05, 0.1) is 17.8 Å². The van der Waals surface area contributed by atoms with Crippen LogP contribution in [0.5, 0.6) is 0 Å². The summed E-state index contributed by atoms with van der Waals surface area (Å²) in [6, 6.07) is 6.36. The van der Waals surface area contributed by atoms with Crippen molar-refractivity contribution < 1.29 is 20.1 Å². The van der Waals surface area contributed by atoms with Crippen LogP contribution in [0.2, 0.25) is 0 Å². The number of aliphatic hydroxyl groups excluding tert-OH is 2. The third-order valence-electron chi connectivity index (χ3n) is 2.41. The summed E-state index contributed by atoms with van der Waals surface area (Å²) in [5, 5.41) is 27.9. The Hall–Kier alpha value is -1.39. The molecule has 0 saturated carbocycles. The second kappa shape index (κ2) is 5.63. The van der Waals surface area contributed by atoms with E-state index in [-0.39, 0.29) is 5.56 Å². The highest BCUT2D eigenvalue weighted by molar-refractivity contribution is 5.89. The van der Waals surface area contributed by atoms with Crippen LogP contribution in [0.25, 0.3) is 0 Å². The van der Waals surface area contributed by atoms with Crippen LogP contribution < -0.4 is 0 Å². The van der Waals surface area contributed by atoms with Crippen molar-refractivity contribution in [1.29, 1.82) is 0 Å². The highest BCUT2D eigenvalue weighted by atomic mass is 16.4. The molecule has 4 heteroatoms. The molecule has 0 saturated heterocycles. The van der Waals surface area contributed by atoms with Crippen LogP contribution in [0.15, 0.2) is 24.3 Å². The first-order valence-electron chi connectivity index (χ1n) is 5.20. The summed E-state index contributed by atoms with van der Waals surface area (Å²) < 4.78 is 0. The van der Waals surface area contributed by atoms with E-state index < -0.39 is 18.2 Å². The zero-order valence-electron chi connectivity index (χ0n) is 9.13. The average Bonchev–Trinajstić information content (AvgIpc) is 2.25. The van der Waals surface area contributed by atoms with Gasteiger partial charge in [0.1, 0.15) is 0 Å². The summed E-state index contributed by atoms with van der Waals surface area (Å²) in [7, 11) is 0. The maximum atomic E-state index is 10.9. The summed E-state index contributed by atoms with van der Waals surface area (Å²) in [4.78, 5) is 10.9. The molecule has 16 heavy (non-hydrogen) atoms. The predicted octanol–water partition coefficient (Wildman–Crippen LogP) is 1.58. The first-order chi connectivity index (χ1) is 7.52. The van der Waals surface area contributed by atoms with Gasteiger partial charge >= 0.3 is 5.97 Å². The van der Waals surface area contributed by atoms with Gasteiger partial charge in [-0.15, -0.1) is 0 Å². The maximum absolute atomic E-state index is 10.9. The van der Waals surface area contributed by atoms with Crippen molar-refractivity contribution in [2.45, 2.75) is 32.0 Å². The second-order valence-electron chi connectivity index (χ2n) is 3.83. The molecule has 0 heterocycles. The molecule has 0 aliphatic heterocycles. The monoisotopic (exact) mass is 224 g/mol. The van der Waals surface area contributed by atoms with E-state index in [1.807, 2.05) is 0 Å². The third-order valence-corrected chi connectivity index (χ3v) is 2.41. The maximum Gasteiger partial charge on any atom is 0.336 e. The quantitative estimate of drug-likeness (QED) is 0.709. The fourth-order valence-electron chi connectivity index (χ4n) is 1.54. The van der Waals surface area contributed by atoms with E-state index in [1.54, 1.807) is 25.1 Å². The van der Waals surface area contributed by atoms with Gasteiger partial charge in [0, 0.05) is 0 Å². The third kappa shape index (κ3) is 3.32. The van der Waals surface area contributed by atoms with Crippen molar-refractivity contribution in [3.8, 4) is 0 Å². The van der Waals surface area contributed by atoms with Crippen LogP contribution in [0.3, 0.4) is 0 Å². The lowest BCUT2D eigenvalue weighted by Gasteiger charge is -2.14. The Morgan fingerprint density at radius 3 is 2.44 bits per heavy atom. The molecule has 2 unspecified atom stereocenters. The molecule has 0 fully saturated rings. The standard InChI is InChI=1S/C12H16O4/c1-8(13)6-7-11(14)9-4-2-3-5-10(9)12(15)16/h2-5,8,11,13-14H,6-7H2,1H3,(H,15,16). The predicted molar refractivity (Wildman–Crippen MR) is 59.3 cm³/mol. The summed E-state index contributed by atoms with van der Waals surface area (Å²) in [5.41, 5.74) is 0.510. The van der Waals surface area contributed by atoms with Crippen LogP contribution in [-0.4, -0.2) is 27.4 Å². The number of carboxylic acids is 1. The normalized spacial score (nSPS) is 14.4. The van der Waals surface area contributed by atoms with E-state index in [0.717, 1.165) is 0 Å². The Morgan fingerprint density at radius 2 is 1.88 bits per heavy atom. The van der Waals surface area contributed by atoms with Crippen LogP contribution in [0, 0.1) is 0 Å². The number of aromatic carboxylic acids is 1. The van der Waals surface area contributed by atoms with Gasteiger partial charge in [0.25, 0.3) is 0 Å². The largest absolute Gasteiger partial charge is 0.478 e. The molecule has 1 rings (SSSR count). The van der Waals surface area contributed by atoms with E-state index in [0.29, 0.717) is 18.4 Å². The minimum atomic E-state index is -1.05. The smallest absolute Gasteiger partial charge is 0.336 e. The molecule has 1 aromatic carbocycles. The molecule has 0 bridgehead atoms. The van der Waals surface area contributed by atoms with Crippen LogP contribution in [0.4, 0.5) is 0 Å². The Morgan fingerprint density at radius 1 is 1.25 bits per heavy atom. The van der Waals surface area contributed by atoms with Gasteiger partial charge in [-0.05, 0) is 31.4 Å². The fraction of sp³-hybridized carbons (Fsp3) is 0.417. The van der Waals surface area contributed by atoms with Crippen molar-refractivity contribution >= 4 is 5.97 Å². The second-order valence-corrected chi connectivity index (χ2v) is 3.83. The molecule has 0 aliphatic carbocycles. The van der Waals surface area contributed by atoms with Gasteiger partial charge in [-0.3, -0.25) is 0 Å². The first-order valence-corrected chi connectivity index (χ1v) is 5.20. The van der Waals surface area contributed by atoms with Crippen molar-refractivity contribution in [3.05, 3.63) is 35.4 Å². The van der Waals surface area contributed by atoms with Gasteiger partial charge < -0.3 is 15.3 Å².